The topological polar surface area (TPSA) is 59.0 Å². The van der Waals surface area contributed by atoms with E-state index in [1.807, 2.05) is 23.7 Å². The van der Waals surface area contributed by atoms with Crippen molar-refractivity contribution in [2.75, 3.05) is 0 Å². The Labute approximate surface area is 155 Å². The molecule has 0 aliphatic carbocycles. The normalized spacial score (nSPS) is 11.8. The summed E-state index contributed by atoms with van der Waals surface area (Å²) in [5, 5.41) is 6.35. The Morgan fingerprint density at radius 3 is 2.50 bits per heavy atom. The van der Waals surface area contributed by atoms with Gasteiger partial charge in [0.15, 0.2) is 0 Å². The van der Waals surface area contributed by atoms with Crippen molar-refractivity contribution >= 4 is 17.6 Å². The van der Waals surface area contributed by atoms with Crippen LogP contribution in [-0.4, -0.2) is 15.6 Å². The highest BCUT2D eigenvalue weighted by molar-refractivity contribution is 6.30. The molecule has 26 heavy (non-hydrogen) atoms. The van der Waals surface area contributed by atoms with Crippen LogP contribution < -0.4 is 10.6 Å². The summed E-state index contributed by atoms with van der Waals surface area (Å²) < 4.78 is 15.1. The van der Waals surface area contributed by atoms with Crippen LogP contribution in [0.2, 0.25) is 5.02 Å². The second-order valence-electron chi connectivity index (χ2n) is 5.83. The van der Waals surface area contributed by atoms with Gasteiger partial charge in [-0.25, -0.2) is 14.2 Å². The van der Waals surface area contributed by atoms with E-state index in [1.165, 1.54) is 12.1 Å². The third-order valence-electron chi connectivity index (χ3n) is 3.96. The number of rotatable bonds is 5. The third-order valence-corrected chi connectivity index (χ3v) is 4.21. The van der Waals surface area contributed by atoms with Crippen LogP contribution in [0.4, 0.5) is 9.18 Å². The van der Waals surface area contributed by atoms with Gasteiger partial charge in [-0.1, -0.05) is 35.9 Å². The lowest BCUT2D eigenvalue weighted by Gasteiger charge is -2.19. The minimum atomic E-state index is -0.499. The van der Waals surface area contributed by atoms with Gasteiger partial charge in [0, 0.05) is 31.0 Å². The van der Waals surface area contributed by atoms with Crippen LogP contribution in [0.15, 0.2) is 60.9 Å². The predicted octanol–water partition coefficient (Wildman–Crippen LogP) is 3.80. The Bertz CT molecular complexity index is 877. The molecular weight excluding hydrogens is 355 g/mol. The SMILES string of the molecule is Cn1ccnc1C(NC(=O)NCc1ccc(Cl)cc1)c1ccc(F)cc1. The molecule has 0 aliphatic heterocycles. The summed E-state index contributed by atoms with van der Waals surface area (Å²) in [5.74, 6) is 0.317. The number of nitrogens with zero attached hydrogens (tertiary/aromatic N) is 2. The standard InChI is InChI=1S/C19H18ClFN4O/c1-25-11-10-22-18(25)17(14-4-8-16(21)9-5-14)24-19(26)23-12-13-2-6-15(20)7-3-13/h2-11,17H,12H2,1H3,(H2,23,24,26). The number of urea groups is 1. The molecule has 0 aliphatic rings. The fourth-order valence-corrected chi connectivity index (χ4v) is 2.70. The van der Waals surface area contributed by atoms with Crippen molar-refractivity contribution in [2.24, 2.45) is 7.05 Å². The maximum absolute atomic E-state index is 13.2. The number of benzene rings is 2. The molecule has 2 amide bonds. The number of aromatic nitrogens is 2. The quantitative estimate of drug-likeness (QED) is 0.715. The Morgan fingerprint density at radius 1 is 1.19 bits per heavy atom. The van der Waals surface area contributed by atoms with Gasteiger partial charge in [-0.05, 0) is 35.4 Å². The molecule has 7 heteroatoms. The van der Waals surface area contributed by atoms with Crippen molar-refractivity contribution in [2.45, 2.75) is 12.6 Å². The Hall–Kier alpha value is -2.86. The number of hydrogen-bond donors (Lipinski definition) is 2. The van der Waals surface area contributed by atoms with Gasteiger partial charge < -0.3 is 15.2 Å². The van der Waals surface area contributed by atoms with E-state index in [2.05, 4.69) is 15.6 Å². The molecule has 1 heterocycles. The lowest BCUT2D eigenvalue weighted by molar-refractivity contribution is 0.237. The van der Waals surface area contributed by atoms with Gasteiger partial charge in [0.1, 0.15) is 17.7 Å². The molecule has 0 fully saturated rings. The molecule has 0 spiro atoms. The monoisotopic (exact) mass is 372 g/mol. The summed E-state index contributed by atoms with van der Waals surface area (Å²) in [6.07, 6.45) is 3.44. The molecule has 0 saturated carbocycles. The maximum Gasteiger partial charge on any atom is 0.315 e. The van der Waals surface area contributed by atoms with Crippen LogP contribution in [0.3, 0.4) is 0 Å². The first kappa shape index (κ1) is 17.9. The molecule has 0 radical (unpaired) electrons. The highest BCUT2D eigenvalue weighted by atomic mass is 35.5. The fourth-order valence-electron chi connectivity index (χ4n) is 2.57. The smallest absolute Gasteiger partial charge is 0.315 e. The number of halogens is 2. The fraction of sp³-hybridized carbons (Fsp3) is 0.158. The van der Waals surface area contributed by atoms with Crippen LogP contribution >= 0.6 is 11.6 Å². The second-order valence-corrected chi connectivity index (χ2v) is 6.27. The molecule has 1 atom stereocenters. The Kier molecular flexibility index (Phi) is 5.53. The zero-order valence-electron chi connectivity index (χ0n) is 14.1. The van der Waals surface area contributed by atoms with Crippen molar-refractivity contribution in [1.29, 1.82) is 0 Å². The van der Waals surface area contributed by atoms with Gasteiger partial charge >= 0.3 is 6.03 Å². The summed E-state index contributed by atoms with van der Waals surface area (Å²) in [4.78, 5) is 16.7. The van der Waals surface area contributed by atoms with Crippen LogP contribution in [0.5, 0.6) is 0 Å². The molecule has 134 valence electrons. The van der Waals surface area contributed by atoms with Crippen molar-refractivity contribution in [3.63, 3.8) is 0 Å². The van der Waals surface area contributed by atoms with Gasteiger partial charge in [0.2, 0.25) is 0 Å². The van der Waals surface area contributed by atoms with E-state index in [0.717, 1.165) is 11.1 Å². The van der Waals surface area contributed by atoms with E-state index in [9.17, 15) is 9.18 Å². The average molecular weight is 373 g/mol. The summed E-state index contributed by atoms with van der Waals surface area (Å²) in [7, 11) is 1.84. The highest BCUT2D eigenvalue weighted by Gasteiger charge is 2.20. The maximum atomic E-state index is 13.2. The van der Waals surface area contributed by atoms with Gasteiger partial charge in [0.25, 0.3) is 0 Å². The number of aryl methyl sites for hydroxylation is 1. The van der Waals surface area contributed by atoms with Crippen molar-refractivity contribution < 1.29 is 9.18 Å². The van der Waals surface area contributed by atoms with E-state index >= 15 is 0 Å². The molecule has 3 aromatic rings. The lowest BCUT2D eigenvalue weighted by atomic mass is 10.1. The van der Waals surface area contributed by atoms with Gasteiger partial charge in [-0.3, -0.25) is 0 Å². The molecule has 0 saturated heterocycles. The van der Waals surface area contributed by atoms with Crippen LogP contribution in [0, 0.1) is 5.82 Å². The summed E-state index contributed by atoms with van der Waals surface area (Å²) >= 11 is 5.86. The van der Waals surface area contributed by atoms with Crippen molar-refractivity contribution in [1.82, 2.24) is 20.2 Å². The van der Waals surface area contributed by atoms with Gasteiger partial charge in [-0.2, -0.15) is 0 Å². The number of amides is 2. The van der Waals surface area contributed by atoms with Crippen LogP contribution in [0.25, 0.3) is 0 Å². The Morgan fingerprint density at radius 2 is 1.88 bits per heavy atom. The van der Waals surface area contributed by atoms with Crippen LogP contribution in [-0.2, 0) is 13.6 Å². The Balaban J connectivity index is 1.73. The number of carbonyl (C=O) groups is 1. The van der Waals surface area contributed by atoms with Gasteiger partial charge in [0.05, 0.1) is 0 Å². The summed E-state index contributed by atoms with van der Waals surface area (Å²) in [5.41, 5.74) is 1.67. The van der Waals surface area contributed by atoms with E-state index in [1.54, 1.807) is 36.7 Å². The molecule has 5 nitrogen and oxygen atoms in total. The minimum absolute atomic E-state index is 0.334. The number of nitrogens with one attached hydrogen (secondary N) is 2. The predicted molar refractivity (Wildman–Crippen MR) is 98.3 cm³/mol. The molecule has 1 aromatic heterocycles. The lowest BCUT2D eigenvalue weighted by Crippen LogP contribution is -2.38. The van der Waals surface area contributed by atoms with E-state index in [0.29, 0.717) is 17.4 Å². The first-order valence-corrected chi connectivity index (χ1v) is 8.42. The van der Waals surface area contributed by atoms with Crippen molar-refractivity contribution in [3.05, 3.63) is 88.7 Å². The van der Waals surface area contributed by atoms with E-state index in [4.69, 9.17) is 11.6 Å². The minimum Gasteiger partial charge on any atom is -0.336 e. The molecular formula is C19H18ClFN4O. The third kappa shape index (κ3) is 4.40. The summed E-state index contributed by atoms with van der Waals surface area (Å²) in [6.45, 7) is 0.361. The van der Waals surface area contributed by atoms with Gasteiger partial charge in [-0.15, -0.1) is 0 Å². The number of imidazole rings is 1. The first-order chi connectivity index (χ1) is 12.5. The zero-order chi connectivity index (χ0) is 18.5. The van der Waals surface area contributed by atoms with Crippen LogP contribution in [0.1, 0.15) is 23.0 Å². The molecule has 3 rings (SSSR count). The number of hydrogen-bond acceptors (Lipinski definition) is 2. The average Bonchev–Trinajstić information content (AvgIpc) is 3.06. The molecule has 2 N–H and O–H groups in total. The molecule has 2 aromatic carbocycles. The van der Waals surface area contributed by atoms with E-state index in [-0.39, 0.29) is 11.8 Å². The van der Waals surface area contributed by atoms with Crippen molar-refractivity contribution in [3.8, 4) is 0 Å². The van der Waals surface area contributed by atoms with E-state index < -0.39 is 6.04 Å². The first-order valence-electron chi connectivity index (χ1n) is 8.04. The molecule has 0 bridgehead atoms. The zero-order valence-corrected chi connectivity index (χ0v) is 14.9. The largest absolute Gasteiger partial charge is 0.336 e. The molecule has 1 unspecified atom stereocenters. The number of carbonyl (C=O) groups excluding carboxylic acids is 1. The second kappa shape index (κ2) is 8.01. The summed E-state index contributed by atoms with van der Waals surface area (Å²) in [6, 6.07) is 12.4. The highest BCUT2D eigenvalue weighted by Crippen LogP contribution is 2.20.